The van der Waals surface area contributed by atoms with E-state index in [1.165, 1.54) is 11.0 Å². The summed E-state index contributed by atoms with van der Waals surface area (Å²) < 4.78 is 5.72. The molecule has 9 heteroatoms. The highest BCUT2D eigenvalue weighted by Crippen LogP contribution is 2.34. The molecule has 4 rings (SSSR count). The van der Waals surface area contributed by atoms with Gasteiger partial charge in [0, 0.05) is 48.1 Å². The SMILES string of the molecule is CN(C(=O)c1ccc(-c2ccc(Cl)cc2N([O-])O)o1)c1ccc(N2CCC(N(C)C)C2)cc1. The summed E-state index contributed by atoms with van der Waals surface area (Å²) in [4.78, 5) is 19.1. The predicted molar refractivity (Wildman–Crippen MR) is 130 cm³/mol. The summed E-state index contributed by atoms with van der Waals surface area (Å²) in [6.45, 7) is 1.99. The number of anilines is 3. The van der Waals surface area contributed by atoms with Crippen molar-refractivity contribution in [2.24, 2.45) is 0 Å². The molecule has 174 valence electrons. The Morgan fingerprint density at radius 2 is 1.85 bits per heavy atom. The molecule has 1 aliphatic heterocycles. The summed E-state index contributed by atoms with van der Waals surface area (Å²) in [5, 5.41) is 20.9. The van der Waals surface area contributed by atoms with Crippen LogP contribution in [0, 0.1) is 5.21 Å². The minimum atomic E-state index is -0.332. The number of halogens is 1. The van der Waals surface area contributed by atoms with Crippen molar-refractivity contribution in [3.05, 3.63) is 70.6 Å². The number of rotatable bonds is 6. The fourth-order valence-corrected chi connectivity index (χ4v) is 4.20. The summed E-state index contributed by atoms with van der Waals surface area (Å²) >= 11 is 5.91. The van der Waals surface area contributed by atoms with Crippen LogP contribution in [0.5, 0.6) is 0 Å². The molecule has 1 saturated heterocycles. The number of carbonyl (C=O) groups is 1. The van der Waals surface area contributed by atoms with E-state index in [1.54, 1.807) is 31.3 Å². The van der Waals surface area contributed by atoms with Crippen LogP contribution < -0.4 is 15.0 Å². The normalized spacial score (nSPS) is 15.8. The van der Waals surface area contributed by atoms with Gasteiger partial charge in [0.05, 0.1) is 5.69 Å². The summed E-state index contributed by atoms with van der Waals surface area (Å²) in [5.41, 5.74) is 2.12. The smallest absolute Gasteiger partial charge is 0.293 e. The first kappa shape index (κ1) is 23.1. The number of carbonyl (C=O) groups excluding carboxylic acids is 1. The topological polar surface area (TPSA) is 86.5 Å². The summed E-state index contributed by atoms with van der Waals surface area (Å²) in [7, 11) is 5.89. The summed E-state index contributed by atoms with van der Waals surface area (Å²) in [5.74, 6) is 0.0516. The molecule has 2 heterocycles. The van der Waals surface area contributed by atoms with Crippen molar-refractivity contribution in [2.45, 2.75) is 12.5 Å². The zero-order valence-corrected chi connectivity index (χ0v) is 19.5. The van der Waals surface area contributed by atoms with Crippen molar-refractivity contribution < 1.29 is 14.4 Å². The van der Waals surface area contributed by atoms with Crippen LogP contribution >= 0.6 is 11.6 Å². The van der Waals surface area contributed by atoms with Crippen molar-refractivity contribution in [2.75, 3.05) is 49.3 Å². The van der Waals surface area contributed by atoms with Crippen molar-refractivity contribution in [1.29, 1.82) is 0 Å². The van der Waals surface area contributed by atoms with Gasteiger partial charge in [-0.15, -0.1) is 0 Å². The van der Waals surface area contributed by atoms with E-state index in [-0.39, 0.29) is 28.3 Å². The van der Waals surface area contributed by atoms with E-state index in [2.05, 4.69) is 23.9 Å². The number of hydrogen-bond donors (Lipinski definition) is 1. The number of amides is 1. The van der Waals surface area contributed by atoms with E-state index < -0.39 is 0 Å². The van der Waals surface area contributed by atoms with Gasteiger partial charge in [0.25, 0.3) is 5.91 Å². The van der Waals surface area contributed by atoms with Gasteiger partial charge in [0.2, 0.25) is 0 Å². The molecular formula is C24H26ClN4O4-. The fourth-order valence-electron chi connectivity index (χ4n) is 4.04. The molecule has 2 aromatic carbocycles. The van der Waals surface area contributed by atoms with Crippen molar-refractivity contribution >= 4 is 34.6 Å². The van der Waals surface area contributed by atoms with Crippen LogP contribution in [0.3, 0.4) is 0 Å². The second-order valence-corrected chi connectivity index (χ2v) is 8.77. The van der Waals surface area contributed by atoms with E-state index in [9.17, 15) is 15.2 Å². The van der Waals surface area contributed by atoms with Crippen LogP contribution in [0.15, 0.2) is 59.0 Å². The number of nitrogens with zero attached hydrogens (tertiary/aromatic N) is 4. The third-order valence-electron chi connectivity index (χ3n) is 6.05. The minimum Gasteiger partial charge on any atom is -0.733 e. The van der Waals surface area contributed by atoms with Crippen molar-refractivity contribution in [1.82, 2.24) is 4.90 Å². The highest BCUT2D eigenvalue weighted by molar-refractivity contribution is 6.31. The Hall–Kier alpha value is -3.04. The van der Waals surface area contributed by atoms with Crippen molar-refractivity contribution in [3.63, 3.8) is 0 Å². The Labute approximate surface area is 197 Å². The lowest BCUT2D eigenvalue weighted by Crippen LogP contribution is -2.31. The van der Waals surface area contributed by atoms with Crippen molar-refractivity contribution in [3.8, 4) is 11.3 Å². The fraction of sp³-hybridized carbons (Fsp3) is 0.292. The molecule has 0 bridgehead atoms. The maximum Gasteiger partial charge on any atom is 0.293 e. The van der Waals surface area contributed by atoms with E-state index in [0.29, 0.717) is 16.6 Å². The van der Waals surface area contributed by atoms with Gasteiger partial charge in [-0.1, -0.05) is 11.6 Å². The molecule has 1 atom stereocenters. The van der Waals surface area contributed by atoms with Crippen LogP contribution in [-0.4, -0.2) is 56.3 Å². The van der Waals surface area contributed by atoms with Gasteiger partial charge in [-0.3, -0.25) is 10.0 Å². The first-order chi connectivity index (χ1) is 15.7. The Morgan fingerprint density at radius 3 is 2.48 bits per heavy atom. The molecule has 8 nitrogen and oxygen atoms in total. The monoisotopic (exact) mass is 469 g/mol. The predicted octanol–water partition coefficient (Wildman–Crippen LogP) is 4.71. The van der Waals surface area contributed by atoms with E-state index >= 15 is 0 Å². The molecule has 33 heavy (non-hydrogen) atoms. The highest BCUT2D eigenvalue weighted by Gasteiger charge is 2.24. The molecule has 0 aliphatic carbocycles. The van der Waals surface area contributed by atoms with Crippen LogP contribution in [-0.2, 0) is 0 Å². The average Bonchev–Trinajstić information content (AvgIpc) is 3.48. The van der Waals surface area contributed by atoms with Gasteiger partial charge in [0.1, 0.15) is 5.76 Å². The molecule has 3 aromatic rings. The number of hydrogen-bond acceptors (Lipinski definition) is 7. The van der Waals surface area contributed by atoms with Gasteiger partial charge in [-0.05, 0) is 75.1 Å². The third-order valence-corrected chi connectivity index (χ3v) is 6.28. The molecule has 1 unspecified atom stereocenters. The standard InChI is InChI=1S/C24H26ClN4O4/c1-26(2)19-12-13-28(15-19)18-7-5-17(6-8-18)27(3)24(30)23-11-10-22(33-23)20-9-4-16(25)14-21(20)29(31)32/h4-11,14,19,31H,12-13,15H2,1-3H3/q-1. The molecule has 1 N–H and O–H groups in total. The maximum atomic E-state index is 13.0. The Bertz CT molecular complexity index is 1130. The van der Waals surface area contributed by atoms with E-state index in [0.717, 1.165) is 30.9 Å². The Morgan fingerprint density at radius 1 is 1.12 bits per heavy atom. The molecule has 0 saturated carbocycles. The number of likely N-dealkylation sites (N-methyl/N-ethyl adjacent to an activating group) is 1. The molecule has 1 amide bonds. The average molecular weight is 470 g/mol. The Kier molecular flexibility index (Phi) is 6.62. The number of furan rings is 1. The Balaban J connectivity index is 1.49. The van der Waals surface area contributed by atoms with Gasteiger partial charge in [-0.25, -0.2) is 0 Å². The molecule has 1 aromatic heterocycles. The first-order valence-electron chi connectivity index (χ1n) is 10.6. The lowest BCUT2D eigenvalue weighted by Gasteiger charge is -2.24. The van der Waals surface area contributed by atoms with Crippen LogP contribution in [0.1, 0.15) is 17.0 Å². The summed E-state index contributed by atoms with van der Waals surface area (Å²) in [6, 6.07) is 16.0. The molecule has 0 radical (unpaired) electrons. The summed E-state index contributed by atoms with van der Waals surface area (Å²) in [6.07, 6.45) is 1.13. The third kappa shape index (κ3) is 4.84. The lowest BCUT2D eigenvalue weighted by molar-refractivity contribution is 0.0967. The zero-order valence-electron chi connectivity index (χ0n) is 18.7. The maximum absolute atomic E-state index is 13.0. The molecule has 0 spiro atoms. The molecule has 1 fully saturated rings. The highest BCUT2D eigenvalue weighted by atomic mass is 35.5. The second-order valence-electron chi connectivity index (χ2n) is 8.33. The molecular weight excluding hydrogens is 444 g/mol. The van der Waals surface area contributed by atoms with E-state index in [1.807, 2.05) is 24.3 Å². The zero-order chi connectivity index (χ0) is 23.7. The van der Waals surface area contributed by atoms with Gasteiger partial charge in [0.15, 0.2) is 5.76 Å². The molecule has 1 aliphatic rings. The van der Waals surface area contributed by atoms with Gasteiger partial charge < -0.3 is 29.6 Å². The lowest BCUT2D eigenvalue weighted by atomic mass is 10.1. The van der Waals surface area contributed by atoms with Crippen LogP contribution in [0.4, 0.5) is 17.1 Å². The first-order valence-corrected chi connectivity index (χ1v) is 11.0. The minimum absolute atomic E-state index is 0.0711. The number of benzene rings is 2. The second kappa shape index (κ2) is 9.44. The van der Waals surface area contributed by atoms with Crippen LogP contribution in [0.2, 0.25) is 5.02 Å². The van der Waals surface area contributed by atoms with E-state index in [4.69, 9.17) is 16.0 Å². The van der Waals surface area contributed by atoms with Gasteiger partial charge >= 0.3 is 0 Å². The largest absolute Gasteiger partial charge is 0.733 e. The van der Waals surface area contributed by atoms with Crippen LogP contribution in [0.25, 0.3) is 11.3 Å². The quantitative estimate of drug-likeness (QED) is 0.523. The van der Waals surface area contributed by atoms with Gasteiger partial charge in [-0.2, -0.15) is 0 Å².